The van der Waals surface area contributed by atoms with Crippen LogP contribution in [0.1, 0.15) is 38.9 Å². The van der Waals surface area contributed by atoms with Gasteiger partial charge in [-0.25, -0.2) is 0 Å². The summed E-state index contributed by atoms with van der Waals surface area (Å²) in [6.45, 7) is 4.47. The summed E-state index contributed by atoms with van der Waals surface area (Å²) in [5.41, 5.74) is 5.95. The lowest BCUT2D eigenvalue weighted by Crippen LogP contribution is -2.44. The minimum absolute atomic E-state index is 0.371. The quantitative estimate of drug-likeness (QED) is 0.740. The Morgan fingerprint density at radius 3 is 2.57 bits per heavy atom. The second-order valence-electron chi connectivity index (χ2n) is 4.77. The van der Waals surface area contributed by atoms with Crippen LogP contribution in [-0.2, 0) is 5.54 Å². The van der Waals surface area contributed by atoms with Gasteiger partial charge in [-0.05, 0) is 31.1 Å². The molecule has 0 aromatic carbocycles. The monoisotopic (exact) mass is 195 g/mol. The summed E-state index contributed by atoms with van der Waals surface area (Å²) < 4.78 is 4.76. The van der Waals surface area contributed by atoms with E-state index in [2.05, 4.69) is 24.0 Å². The van der Waals surface area contributed by atoms with Crippen LogP contribution in [0.25, 0.3) is 0 Å². The first kappa shape index (κ1) is 9.65. The van der Waals surface area contributed by atoms with Gasteiger partial charge in [0.25, 0.3) is 0 Å². The first-order chi connectivity index (χ1) is 6.60. The molecule has 0 aliphatic heterocycles. The van der Waals surface area contributed by atoms with Crippen LogP contribution < -0.4 is 5.73 Å². The molecule has 2 rings (SSSR count). The maximum Gasteiger partial charge on any atom is 0.213 e. The van der Waals surface area contributed by atoms with Crippen LogP contribution in [0.2, 0.25) is 0 Å². The van der Waals surface area contributed by atoms with Crippen molar-refractivity contribution in [2.45, 2.75) is 38.6 Å². The lowest BCUT2D eigenvalue weighted by molar-refractivity contribution is 0.171. The molecule has 1 aliphatic rings. The van der Waals surface area contributed by atoms with Gasteiger partial charge in [0.05, 0.1) is 5.54 Å². The van der Waals surface area contributed by atoms with Gasteiger partial charge in [-0.1, -0.05) is 19.0 Å². The molecule has 1 aromatic rings. The maximum absolute atomic E-state index is 6.32. The number of hydrogen-bond acceptors (Lipinski definition) is 4. The van der Waals surface area contributed by atoms with Gasteiger partial charge in [0.2, 0.25) is 6.39 Å². The van der Waals surface area contributed by atoms with E-state index in [0.29, 0.717) is 17.7 Å². The molecule has 2 unspecified atom stereocenters. The fraction of sp³-hybridized carbons (Fsp3) is 0.800. The SMILES string of the molecule is CC1CC(C)CC(N)(c2ncon2)C1. The highest BCUT2D eigenvalue weighted by Gasteiger charge is 2.39. The van der Waals surface area contributed by atoms with Crippen LogP contribution >= 0.6 is 0 Å². The molecular formula is C10H17N3O. The van der Waals surface area contributed by atoms with E-state index in [1.807, 2.05) is 0 Å². The fourth-order valence-corrected chi connectivity index (χ4v) is 2.75. The maximum atomic E-state index is 6.32. The molecule has 0 radical (unpaired) electrons. The normalized spacial score (nSPS) is 38.5. The predicted molar refractivity (Wildman–Crippen MR) is 52.3 cm³/mol. The molecule has 0 spiro atoms. The average molecular weight is 195 g/mol. The summed E-state index contributed by atoms with van der Waals surface area (Å²) in [5.74, 6) is 1.94. The molecular weight excluding hydrogens is 178 g/mol. The highest BCUT2D eigenvalue weighted by atomic mass is 16.5. The second-order valence-corrected chi connectivity index (χ2v) is 4.77. The summed E-state index contributed by atoms with van der Waals surface area (Å²) in [4.78, 5) is 4.08. The van der Waals surface area contributed by atoms with Gasteiger partial charge < -0.3 is 10.3 Å². The van der Waals surface area contributed by atoms with Crippen LogP contribution in [-0.4, -0.2) is 10.1 Å². The van der Waals surface area contributed by atoms with E-state index in [1.54, 1.807) is 0 Å². The van der Waals surface area contributed by atoms with Gasteiger partial charge in [-0.3, -0.25) is 0 Å². The minimum atomic E-state index is -0.371. The lowest BCUT2D eigenvalue weighted by Gasteiger charge is -2.37. The molecule has 1 fully saturated rings. The zero-order valence-corrected chi connectivity index (χ0v) is 8.73. The zero-order valence-electron chi connectivity index (χ0n) is 8.73. The van der Waals surface area contributed by atoms with Gasteiger partial charge in [-0.15, -0.1) is 0 Å². The van der Waals surface area contributed by atoms with Crippen LogP contribution in [0.4, 0.5) is 0 Å². The topological polar surface area (TPSA) is 64.9 Å². The summed E-state index contributed by atoms with van der Waals surface area (Å²) in [7, 11) is 0. The molecule has 1 aromatic heterocycles. The van der Waals surface area contributed by atoms with Crippen molar-refractivity contribution in [2.24, 2.45) is 17.6 Å². The van der Waals surface area contributed by atoms with E-state index < -0.39 is 0 Å². The second kappa shape index (κ2) is 3.35. The van der Waals surface area contributed by atoms with Gasteiger partial charge in [0.1, 0.15) is 0 Å². The van der Waals surface area contributed by atoms with Crippen molar-refractivity contribution in [1.82, 2.24) is 10.1 Å². The Balaban J connectivity index is 2.22. The largest absolute Gasteiger partial charge is 0.343 e. The van der Waals surface area contributed by atoms with Crippen molar-refractivity contribution in [3.8, 4) is 0 Å². The number of hydrogen-bond donors (Lipinski definition) is 1. The zero-order chi connectivity index (χ0) is 10.2. The van der Waals surface area contributed by atoms with E-state index in [1.165, 1.54) is 12.8 Å². The summed E-state index contributed by atoms with van der Waals surface area (Å²) in [6, 6.07) is 0. The summed E-state index contributed by atoms with van der Waals surface area (Å²) in [5, 5.41) is 3.87. The first-order valence-electron chi connectivity index (χ1n) is 5.16. The van der Waals surface area contributed by atoms with Crippen LogP contribution in [0.3, 0.4) is 0 Å². The molecule has 14 heavy (non-hydrogen) atoms. The third kappa shape index (κ3) is 1.66. The third-order valence-corrected chi connectivity index (χ3v) is 3.04. The fourth-order valence-electron chi connectivity index (χ4n) is 2.75. The third-order valence-electron chi connectivity index (χ3n) is 3.04. The molecule has 4 nitrogen and oxygen atoms in total. The van der Waals surface area contributed by atoms with E-state index >= 15 is 0 Å². The smallest absolute Gasteiger partial charge is 0.213 e. The first-order valence-corrected chi connectivity index (χ1v) is 5.16. The Labute approximate surface area is 83.9 Å². The van der Waals surface area contributed by atoms with Crippen molar-refractivity contribution < 1.29 is 4.52 Å². The molecule has 1 saturated carbocycles. The van der Waals surface area contributed by atoms with Crippen molar-refractivity contribution in [3.63, 3.8) is 0 Å². The molecule has 78 valence electrons. The number of aromatic nitrogens is 2. The van der Waals surface area contributed by atoms with Gasteiger partial charge in [-0.2, -0.15) is 4.98 Å². The highest BCUT2D eigenvalue weighted by Crippen LogP contribution is 2.39. The molecule has 4 heteroatoms. The number of rotatable bonds is 1. The van der Waals surface area contributed by atoms with Crippen molar-refractivity contribution in [1.29, 1.82) is 0 Å². The Kier molecular flexibility index (Phi) is 2.31. The van der Waals surface area contributed by atoms with Crippen molar-refractivity contribution >= 4 is 0 Å². The lowest BCUT2D eigenvalue weighted by atomic mass is 9.72. The van der Waals surface area contributed by atoms with E-state index in [-0.39, 0.29) is 5.54 Å². The number of nitrogens with two attached hydrogens (primary N) is 1. The van der Waals surface area contributed by atoms with Crippen LogP contribution in [0.5, 0.6) is 0 Å². The van der Waals surface area contributed by atoms with E-state index in [4.69, 9.17) is 10.3 Å². The average Bonchev–Trinajstić information content (AvgIpc) is 2.52. The van der Waals surface area contributed by atoms with Crippen LogP contribution in [0, 0.1) is 11.8 Å². The van der Waals surface area contributed by atoms with Crippen molar-refractivity contribution in [3.05, 3.63) is 12.2 Å². The molecule has 0 saturated heterocycles. The molecule has 0 amide bonds. The summed E-state index contributed by atoms with van der Waals surface area (Å²) >= 11 is 0. The molecule has 1 aliphatic carbocycles. The summed E-state index contributed by atoms with van der Waals surface area (Å²) in [6.07, 6.45) is 4.51. The van der Waals surface area contributed by atoms with Gasteiger partial charge in [0.15, 0.2) is 5.82 Å². The van der Waals surface area contributed by atoms with Crippen molar-refractivity contribution in [2.75, 3.05) is 0 Å². The minimum Gasteiger partial charge on any atom is -0.343 e. The molecule has 1 heterocycles. The Hall–Kier alpha value is -0.900. The standard InChI is InChI=1S/C10H17N3O/c1-7-3-8(2)5-10(11,4-7)9-12-6-14-13-9/h6-8H,3-5,11H2,1-2H3. The van der Waals surface area contributed by atoms with Gasteiger partial charge in [0, 0.05) is 0 Å². The van der Waals surface area contributed by atoms with E-state index in [0.717, 1.165) is 12.8 Å². The van der Waals surface area contributed by atoms with Gasteiger partial charge >= 0.3 is 0 Å². The molecule has 0 bridgehead atoms. The van der Waals surface area contributed by atoms with Crippen LogP contribution in [0.15, 0.2) is 10.9 Å². The Morgan fingerprint density at radius 1 is 1.43 bits per heavy atom. The number of nitrogens with zero attached hydrogens (tertiary/aromatic N) is 2. The van der Waals surface area contributed by atoms with E-state index in [9.17, 15) is 0 Å². The molecule has 2 N–H and O–H groups in total. The molecule has 2 atom stereocenters. The Morgan fingerprint density at radius 2 is 2.07 bits per heavy atom. The predicted octanol–water partition coefficient (Wildman–Crippen LogP) is 1.68. The Bertz CT molecular complexity index is 286. The highest BCUT2D eigenvalue weighted by molar-refractivity contribution is 5.05.